The number of nitrogens with one attached hydrogen (secondary N) is 2. The van der Waals surface area contributed by atoms with Gasteiger partial charge in [-0.2, -0.15) is 15.0 Å². The highest BCUT2D eigenvalue weighted by Gasteiger charge is 2.24. The van der Waals surface area contributed by atoms with Crippen molar-refractivity contribution >= 4 is 84.9 Å². The first-order valence-corrected chi connectivity index (χ1v) is 14.8. The monoisotopic (exact) mass is 733 g/mol. The summed E-state index contributed by atoms with van der Waals surface area (Å²) in [5, 5.41) is 37.6. The lowest BCUT2D eigenvalue weighted by Gasteiger charge is -2.23. The molecule has 0 saturated carbocycles. The summed E-state index contributed by atoms with van der Waals surface area (Å²) in [6.45, 7) is 5.51. The van der Waals surface area contributed by atoms with E-state index >= 15 is 0 Å². The second-order valence-electron chi connectivity index (χ2n) is 10.4. The standard InChI is InChI=1S/C28H30BrClN11O4.ClH/c1-6-38(7-2)18-11-12-22(36-37-25-21(29)14-19(39(42)43)16-24(25)40(44)45)23(15-18)32-28-34-26(30)33-27(35-28)31-17-9-8-10-20(13-17)41(3,4)5;/h8-16H,6-7H2,1-5H3,(H2,31,32,33,34,35);1H/q+1;/p-1. The number of nitro groups is 2. The molecule has 1 heterocycles. The van der Waals surface area contributed by atoms with Crippen LogP contribution in [-0.4, -0.2) is 59.0 Å². The van der Waals surface area contributed by atoms with Gasteiger partial charge in [-0.05, 0) is 71.7 Å². The highest BCUT2D eigenvalue weighted by atomic mass is 79.9. The predicted molar refractivity (Wildman–Crippen MR) is 179 cm³/mol. The van der Waals surface area contributed by atoms with Gasteiger partial charge in [0, 0.05) is 36.6 Å². The molecule has 0 aliphatic rings. The molecule has 2 N–H and O–H groups in total. The van der Waals surface area contributed by atoms with Crippen LogP contribution in [0.1, 0.15) is 13.8 Å². The van der Waals surface area contributed by atoms with Crippen LogP contribution in [0, 0.1) is 20.2 Å². The van der Waals surface area contributed by atoms with Gasteiger partial charge in [0.2, 0.25) is 17.2 Å². The Morgan fingerprint density at radius 2 is 1.59 bits per heavy atom. The van der Waals surface area contributed by atoms with Crippen molar-refractivity contribution in [3.63, 3.8) is 0 Å². The average molecular weight is 735 g/mol. The van der Waals surface area contributed by atoms with Crippen LogP contribution >= 0.6 is 27.5 Å². The van der Waals surface area contributed by atoms with E-state index in [1.54, 1.807) is 6.07 Å². The van der Waals surface area contributed by atoms with Crippen molar-refractivity contribution < 1.29 is 22.3 Å². The minimum Gasteiger partial charge on any atom is -1.00 e. The molecule has 0 saturated heterocycles. The molecule has 4 aromatic rings. The van der Waals surface area contributed by atoms with Gasteiger partial charge in [0.15, 0.2) is 5.69 Å². The van der Waals surface area contributed by atoms with Gasteiger partial charge in [0.1, 0.15) is 11.4 Å². The van der Waals surface area contributed by atoms with Crippen LogP contribution < -0.4 is 32.4 Å². The number of benzene rings is 3. The third kappa shape index (κ3) is 8.81. The number of halogens is 3. The number of anilines is 5. The largest absolute Gasteiger partial charge is 1.00 e. The summed E-state index contributed by atoms with van der Waals surface area (Å²) < 4.78 is 0.649. The lowest BCUT2D eigenvalue weighted by atomic mass is 10.2. The summed E-state index contributed by atoms with van der Waals surface area (Å²) in [4.78, 5) is 36.5. The quantitative estimate of drug-likeness (QED) is 0.0866. The fourth-order valence-corrected chi connectivity index (χ4v) is 4.90. The van der Waals surface area contributed by atoms with E-state index in [1.807, 2.05) is 50.2 Å². The minimum atomic E-state index is -0.758. The van der Waals surface area contributed by atoms with Crippen molar-refractivity contribution in [1.82, 2.24) is 19.4 Å². The van der Waals surface area contributed by atoms with Crippen molar-refractivity contribution in [2.24, 2.45) is 10.2 Å². The maximum Gasteiger partial charge on any atom is 0.304 e. The molecule has 3 aromatic carbocycles. The molecule has 0 bridgehead atoms. The number of azo groups is 1. The van der Waals surface area contributed by atoms with Gasteiger partial charge in [-0.25, -0.2) is 0 Å². The number of quaternary nitrogens is 1. The highest BCUT2D eigenvalue weighted by molar-refractivity contribution is 9.10. The minimum absolute atomic E-state index is 0. The van der Waals surface area contributed by atoms with Crippen LogP contribution in [0.15, 0.2) is 69.3 Å². The Hall–Kier alpha value is -4.51. The molecule has 46 heavy (non-hydrogen) atoms. The first-order chi connectivity index (χ1) is 21.3. The molecule has 0 atom stereocenters. The third-order valence-electron chi connectivity index (χ3n) is 6.53. The summed E-state index contributed by atoms with van der Waals surface area (Å²) in [6, 6.07) is 15.1. The van der Waals surface area contributed by atoms with Gasteiger partial charge >= 0.3 is 5.69 Å². The van der Waals surface area contributed by atoms with E-state index < -0.39 is 21.2 Å². The third-order valence-corrected chi connectivity index (χ3v) is 7.31. The van der Waals surface area contributed by atoms with E-state index in [0.29, 0.717) is 10.2 Å². The van der Waals surface area contributed by atoms with Gasteiger partial charge in [-0.3, -0.25) is 24.7 Å². The van der Waals surface area contributed by atoms with E-state index in [1.165, 1.54) is 0 Å². The second-order valence-corrected chi connectivity index (χ2v) is 11.6. The van der Waals surface area contributed by atoms with Crippen molar-refractivity contribution in [3.05, 3.63) is 84.6 Å². The van der Waals surface area contributed by atoms with Crippen LogP contribution in [0.5, 0.6) is 0 Å². The molecule has 0 unspecified atom stereocenters. The molecule has 242 valence electrons. The van der Waals surface area contributed by atoms with E-state index in [2.05, 4.69) is 77.8 Å². The number of rotatable bonds is 12. The molecule has 0 aliphatic heterocycles. The number of non-ortho nitro benzene ring substituents is 1. The van der Waals surface area contributed by atoms with Gasteiger partial charge in [-0.1, -0.05) is 6.07 Å². The summed E-state index contributed by atoms with van der Waals surface area (Å²) in [5.74, 6) is 0.306. The number of hydrogen-bond donors (Lipinski definition) is 2. The first kappa shape index (κ1) is 36.0. The number of hydrogen-bond acceptors (Lipinski definition) is 12. The van der Waals surface area contributed by atoms with E-state index in [0.717, 1.165) is 42.3 Å². The maximum atomic E-state index is 11.7. The Morgan fingerprint density at radius 1 is 0.913 bits per heavy atom. The molecule has 0 amide bonds. The summed E-state index contributed by atoms with van der Waals surface area (Å²) >= 11 is 9.43. The Bertz CT molecular complexity index is 1780. The van der Waals surface area contributed by atoms with Crippen LogP contribution in [0.4, 0.5) is 57.4 Å². The zero-order chi connectivity index (χ0) is 32.9. The van der Waals surface area contributed by atoms with Crippen LogP contribution in [0.3, 0.4) is 0 Å². The molecule has 4 rings (SSSR count). The molecule has 0 fully saturated rings. The molecular formula is C28H30BrCl2N11O4. The Labute approximate surface area is 284 Å². The van der Waals surface area contributed by atoms with Crippen LogP contribution in [0.2, 0.25) is 5.28 Å². The topological polar surface area (TPSA) is 177 Å². The van der Waals surface area contributed by atoms with Crippen molar-refractivity contribution in [3.8, 4) is 0 Å². The molecule has 1 aromatic heterocycles. The van der Waals surface area contributed by atoms with Gasteiger partial charge in [-0.15, -0.1) is 10.2 Å². The predicted octanol–water partition coefficient (Wildman–Crippen LogP) is 5.05. The average Bonchev–Trinajstić information content (AvgIpc) is 2.97. The van der Waals surface area contributed by atoms with Gasteiger partial charge < -0.3 is 27.9 Å². The van der Waals surface area contributed by atoms with Crippen LogP contribution in [0.25, 0.3) is 0 Å². The van der Waals surface area contributed by atoms with Crippen LogP contribution in [-0.2, 0) is 0 Å². The zero-order valence-corrected chi connectivity index (χ0v) is 28.5. The smallest absolute Gasteiger partial charge is 0.304 e. The molecular weight excluding hydrogens is 705 g/mol. The lowest BCUT2D eigenvalue weighted by molar-refractivity contribution is -0.393. The molecule has 0 spiro atoms. The van der Waals surface area contributed by atoms with E-state index in [4.69, 9.17) is 11.6 Å². The second kappa shape index (κ2) is 15.2. The Kier molecular flexibility index (Phi) is 11.9. The maximum absolute atomic E-state index is 11.7. The highest BCUT2D eigenvalue weighted by Crippen LogP contribution is 2.41. The zero-order valence-electron chi connectivity index (χ0n) is 25.4. The van der Waals surface area contributed by atoms with Gasteiger partial charge in [0.05, 0.1) is 47.2 Å². The van der Waals surface area contributed by atoms with E-state index in [9.17, 15) is 20.2 Å². The molecule has 0 aliphatic carbocycles. The molecule has 18 heteroatoms. The number of nitro benzene ring substituents is 2. The summed E-state index contributed by atoms with van der Waals surface area (Å²) in [7, 11) is 6.17. The lowest BCUT2D eigenvalue weighted by Crippen LogP contribution is -3.00. The van der Waals surface area contributed by atoms with Crippen molar-refractivity contribution in [2.75, 3.05) is 49.8 Å². The van der Waals surface area contributed by atoms with Crippen molar-refractivity contribution in [1.29, 1.82) is 0 Å². The summed E-state index contributed by atoms with van der Waals surface area (Å²) in [6.07, 6.45) is 0. The molecule has 15 nitrogen and oxygen atoms in total. The van der Waals surface area contributed by atoms with E-state index in [-0.39, 0.29) is 45.4 Å². The normalized spacial score (nSPS) is 11.2. The number of nitrogens with zero attached hydrogens (tertiary/aromatic N) is 9. The first-order valence-electron chi connectivity index (χ1n) is 13.6. The number of aromatic nitrogens is 3. The Morgan fingerprint density at radius 3 is 2.20 bits per heavy atom. The van der Waals surface area contributed by atoms with Crippen molar-refractivity contribution in [2.45, 2.75) is 13.8 Å². The fraction of sp³-hybridized carbons (Fsp3) is 0.250. The summed E-state index contributed by atoms with van der Waals surface area (Å²) in [5.41, 5.74) is 2.15. The molecule has 0 radical (unpaired) electrons. The SMILES string of the molecule is CCN(CC)c1ccc(N=Nc2c(Br)cc([N+](=O)[O-])cc2[N+](=O)[O-])c(Nc2nc(Cl)nc(Nc3cccc([N+](C)(C)C)c3)n2)c1.[Cl-]. The fourth-order valence-electron chi connectivity index (χ4n) is 4.23. The van der Waals surface area contributed by atoms with Gasteiger partial charge in [0.25, 0.3) is 5.69 Å². The Balaban J connectivity index is 0.00000576.